The van der Waals surface area contributed by atoms with Gasteiger partial charge >= 0.3 is 0 Å². The number of anilines is 1. The number of nitrogens with one attached hydrogen (secondary N) is 1. The smallest absolute Gasteiger partial charge is 0.245 e. The highest BCUT2D eigenvalue weighted by atomic mass is 16.5. The molecule has 1 aliphatic rings. The molecule has 86 valence electrons. The zero-order valence-electron chi connectivity index (χ0n) is 9.32. The van der Waals surface area contributed by atoms with Gasteiger partial charge in [-0.3, -0.25) is 4.79 Å². The topological polar surface area (TPSA) is 64.3 Å². The van der Waals surface area contributed by atoms with E-state index in [2.05, 4.69) is 12.2 Å². The summed E-state index contributed by atoms with van der Waals surface area (Å²) in [5.74, 6) is 0.627. The van der Waals surface area contributed by atoms with E-state index in [0.29, 0.717) is 6.61 Å². The van der Waals surface area contributed by atoms with Crippen molar-refractivity contribution in [1.29, 1.82) is 0 Å². The normalized spacial score (nSPS) is 18.1. The van der Waals surface area contributed by atoms with Crippen LogP contribution in [-0.2, 0) is 4.79 Å². The van der Waals surface area contributed by atoms with E-state index in [9.17, 15) is 4.79 Å². The number of ether oxygens (including phenoxy) is 1. The van der Waals surface area contributed by atoms with Gasteiger partial charge < -0.3 is 15.8 Å². The zero-order valence-corrected chi connectivity index (χ0v) is 9.32. The first-order valence-corrected chi connectivity index (χ1v) is 5.55. The van der Waals surface area contributed by atoms with Crippen LogP contribution in [0.3, 0.4) is 0 Å². The fourth-order valence-electron chi connectivity index (χ4n) is 1.69. The first-order valence-electron chi connectivity index (χ1n) is 5.55. The summed E-state index contributed by atoms with van der Waals surface area (Å²) in [6, 6.07) is 4.99. The average Bonchev–Trinajstić information content (AvgIpc) is 2.55. The second kappa shape index (κ2) is 4.53. The SMILES string of the molecule is CCCCOc1ccc2c(c1)NC(=O)C2N. The van der Waals surface area contributed by atoms with Crippen molar-refractivity contribution in [1.82, 2.24) is 0 Å². The molecule has 1 aromatic rings. The van der Waals surface area contributed by atoms with Crippen LogP contribution < -0.4 is 15.8 Å². The lowest BCUT2D eigenvalue weighted by atomic mass is 10.1. The summed E-state index contributed by atoms with van der Waals surface area (Å²) in [7, 11) is 0. The predicted molar refractivity (Wildman–Crippen MR) is 62.4 cm³/mol. The third-order valence-electron chi connectivity index (χ3n) is 2.67. The maximum Gasteiger partial charge on any atom is 0.245 e. The minimum absolute atomic E-state index is 0.152. The van der Waals surface area contributed by atoms with Gasteiger partial charge in [-0.2, -0.15) is 0 Å². The highest BCUT2D eigenvalue weighted by Crippen LogP contribution is 2.32. The van der Waals surface area contributed by atoms with E-state index in [1.807, 2.05) is 18.2 Å². The number of fused-ring (bicyclic) bond motifs is 1. The van der Waals surface area contributed by atoms with Crippen LogP contribution in [0.15, 0.2) is 18.2 Å². The van der Waals surface area contributed by atoms with E-state index in [0.717, 1.165) is 29.8 Å². The molecular formula is C12H16N2O2. The Hall–Kier alpha value is -1.55. The number of unbranched alkanes of at least 4 members (excludes halogenated alkanes) is 1. The molecule has 16 heavy (non-hydrogen) atoms. The highest BCUT2D eigenvalue weighted by Gasteiger charge is 2.27. The van der Waals surface area contributed by atoms with Crippen molar-refractivity contribution < 1.29 is 9.53 Å². The molecule has 0 spiro atoms. The monoisotopic (exact) mass is 220 g/mol. The minimum Gasteiger partial charge on any atom is -0.494 e. The van der Waals surface area contributed by atoms with Gasteiger partial charge in [0, 0.05) is 17.3 Å². The maximum atomic E-state index is 11.3. The molecule has 1 aliphatic heterocycles. The van der Waals surface area contributed by atoms with Crippen molar-refractivity contribution in [3.05, 3.63) is 23.8 Å². The molecule has 0 bridgehead atoms. The van der Waals surface area contributed by atoms with Crippen molar-refractivity contribution in [3.8, 4) is 5.75 Å². The minimum atomic E-state index is -0.542. The van der Waals surface area contributed by atoms with Crippen LogP contribution in [0.1, 0.15) is 31.4 Å². The number of carbonyl (C=O) groups is 1. The number of carbonyl (C=O) groups excluding carboxylic acids is 1. The molecule has 0 saturated heterocycles. The Bertz CT molecular complexity index is 404. The molecule has 0 aromatic heterocycles. The Labute approximate surface area is 94.8 Å². The summed E-state index contributed by atoms with van der Waals surface area (Å²) in [5.41, 5.74) is 7.32. The Morgan fingerprint density at radius 3 is 3.06 bits per heavy atom. The van der Waals surface area contributed by atoms with Crippen LogP contribution >= 0.6 is 0 Å². The van der Waals surface area contributed by atoms with Gasteiger partial charge in [0.1, 0.15) is 11.8 Å². The number of hydrogen-bond donors (Lipinski definition) is 2. The van der Waals surface area contributed by atoms with Gasteiger partial charge in [-0.05, 0) is 12.5 Å². The number of nitrogens with two attached hydrogens (primary N) is 1. The summed E-state index contributed by atoms with van der Waals surface area (Å²) < 4.78 is 5.55. The Balaban J connectivity index is 2.09. The van der Waals surface area contributed by atoms with Gasteiger partial charge in [-0.25, -0.2) is 0 Å². The fourth-order valence-corrected chi connectivity index (χ4v) is 1.69. The van der Waals surface area contributed by atoms with Gasteiger partial charge in [0.2, 0.25) is 5.91 Å². The Morgan fingerprint density at radius 1 is 1.50 bits per heavy atom. The average molecular weight is 220 g/mol. The molecule has 1 aromatic carbocycles. The van der Waals surface area contributed by atoms with Crippen LogP contribution in [0.4, 0.5) is 5.69 Å². The van der Waals surface area contributed by atoms with E-state index in [-0.39, 0.29) is 5.91 Å². The summed E-state index contributed by atoms with van der Waals surface area (Å²) in [6.07, 6.45) is 2.13. The van der Waals surface area contributed by atoms with Crippen LogP contribution in [-0.4, -0.2) is 12.5 Å². The third kappa shape index (κ3) is 2.02. The lowest BCUT2D eigenvalue weighted by molar-refractivity contribution is -0.116. The standard InChI is InChI=1S/C12H16N2O2/c1-2-3-6-16-8-4-5-9-10(7-8)14-12(15)11(9)13/h4-5,7,11H,2-3,6,13H2,1H3,(H,14,15). The summed E-state index contributed by atoms with van der Waals surface area (Å²) in [4.78, 5) is 11.3. The molecule has 1 unspecified atom stereocenters. The lowest BCUT2D eigenvalue weighted by Gasteiger charge is -2.07. The molecule has 1 atom stereocenters. The number of amides is 1. The first kappa shape index (κ1) is 11.0. The van der Waals surface area contributed by atoms with Gasteiger partial charge in [-0.15, -0.1) is 0 Å². The van der Waals surface area contributed by atoms with Gasteiger partial charge in [-0.1, -0.05) is 19.4 Å². The number of hydrogen-bond acceptors (Lipinski definition) is 3. The van der Waals surface area contributed by atoms with Crippen LogP contribution in [0.2, 0.25) is 0 Å². The van der Waals surface area contributed by atoms with Crippen molar-refractivity contribution in [2.75, 3.05) is 11.9 Å². The number of rotatable bonds is 4. The molecule has 0 saturated carbocycles. The van der Waals surface area contributed by atoms with E-state index in [1.54, 1.807) is 0 Å². The predicted octanol–water partition coefficient (Wildman–Crippen LogP) is 1.82. The molecule has 4 heteroatoms. The van der Waals surface area contributed by atoms with Gasteiger partial charge in [0.15, 0.2) is 0 Å². The number of benzene rings is 1. The molecular weight excluding hydrogens is 204 g/mol. The third-order valence-corrected chi connectivity index (χ3v) is 2.67. The molecule has 1 amide bonds. The van der Waals surface area contributed by atoms with Gasteiger partial charge in [0.25, 0.3) is 0 Å². The van der Waals surface area contributed by atoms with Crippen molar-refractivity contribution in [3.63, 3.8) is 0 Å². The maximum absolute atomic E-state index is 11.3. The van der Waals surface area contributed by atoms with Crippen LogP contribution in [0, 0.1) is 0 Å². The summed E-state index contributed by atoms with van der Waals surface area (Å²) >= 11 is 0. The van der Waals surface area contributed by atoms with Crippen LogP contribution in [0.5, 0.6) is 5.75 Å². The second-order valence-corrected chi connectivity index (χ2v) is 3.92. The quantitative estimate of drug-likeness (QED) is 0.761. The summed E-state index contributed by atoms with van der Waals surface area (Å²) in [6.45, 7) is 2.82. The molecule has 2 rings (SSSR count). The van der Waals surface area contributed by atoms with E-state index >= 15 is 0 Å². The largest absolute Gasteiger partial charge is 0.494 e. The summed E-state index contributed by atoms with van der Waals surface area (Å²) in [5, 5.41) is 2.73. The first-order chi connectivity index (χ1) is 7.72. The molecule has 0 fully saturated rings. The fraction of sp³-hybridized carbons (Fsp3) is 0.417. The van der Waals surface area contributed by atoms with E-state index in [1.165, 1.54) is 0 Å². The van der Waals surface area contributed by atoms with Crippen molar-refractivity contribution in [2.45, 2.75) is 25.8 Å². The lowest BCUT2D eigenvalue weighted by Crippen LogP contribution is -2.19. The van der Waals surface area contributed by atoms with Crippen molar-refractivity contribution >= 4 is 11.6 Å². The van der Waals surface area contributed by atoms with Gasteiger partial charge in [0.05, 0.1) is 6.61 Å². The zero-order chi connectivity index (χ0) is 11.5. The Morgan fingerprint density at radius 2 is 2.31 bits per heavy atom. The highest BCUT2D eigenvalue weighted by molar-refractivity contribution is 6.02. The molecule has 1 heterocycles. The Kier molecular flexibility index (Phi) is 3.10. The molecule has 0 radical (unpaired) electrons. The molecule has 3 N–H and O–H groups in total. The second-order valence-electron chi connectivity index (χ2n) is 3.92. The van der Waals surface area contributed by atoms with E-state index in [4.69, 9.17) is 10.5 Å². The van der Waals surface area contributed by atoms with E-state index < -0.39 is 6.04 Å². The van der Waals surface area contributed by atoms with Crippen molar-refractivity contribution in [2.24, 2.45) is 5.73 Å². The molecule has 0 aliphatic carbocycles. The van der Waals surface area contributed by atoms with Crippen LogP contribution in [0.25, 0.3) is 0 Å². The molecule has 4 nitrogen and oxygen atoms in total.